The Labute approximate surface area is 109 Å². The van der Waals surface area contributed by atoms with Crippen LogP contribution < -0.4 is 5.32 Å². The molecule has 1 aromatic heterocycles. The fourth-order valence-corrected chi connectivity index (χ4v) is 3.01. The van der Waals surface area contributed by atoms with E-state index in [4.69, 9.17) is 0 Å². The standard InChI is InChI=1S/C12H21N3O2S/c1-4-5-6-9-15(3)18(16,17)12-10-14-8-7-11(12)13-2/h7-8,10H,4-6,9H2,1-3H3,(H,13,14). The topological polar surface area (TPSA) is 62.3 Å². The zero-order valence-electron chi connectivity index (χ0n) is 11.2. The predicted molar refractivity (Wildman–Crippen MR) is 73.1 cm³/mol. The Kier molecular flexibility index (Phi) is 5.55. The van der Waals surface area contributed by atoms with Gasteiger partial charge in [-0.05, 0) is 12.5 Å². The van der Waals surface area contributed by atoms with E-state index in [0.29, 0.717) is 12.2 Å². The Hall–Kier alpha value is -1.14. The average molecular weight is 271 g/mol. The van der Waals surface area contributed by atoms with Crippen molar-refractivity contribution < 1.29 is 8.42 Å². The van der Waals surface area contributed by atoms with Gasteiger partial charge in [-0.2, -0.15) is 0 Å². The molecular weight excluding hydrogens is 250 g/mol. The molecule has 0 radical (unpaired) electrons. The van der Waals surface area contributed by atoms with Gasteiger partial charge in [0.25, 0.3) is 0 Å². The van der Waals surface area contributed by atoms with Crippen LogP contribution in [0.2, 0.25) is 0 Å². The molecular formula is C12H21N3O2S. The second-order valence-corrected chi connectivity index (χ2v) is 6.17. The molecule has 0 spiro atoms. The molecule has 102 valence electrons. The summed E-state index contributed by atoms with van der Waals surface area (Å²) in [4.78, 5) is 4.12. The van der Waals surface area contributed by atoms with E-state index in [0.717, 1.165) is 19.3 Å². The summed E-state index contributed by atoms with van der Waals surface area (Å²) in [5.41, 5.74) is 0.576. The molecule has 0 saturated carbocycles. The first-order valence-electron chi connectivity index (χ1n) is 6.12. The number of aromatic nitrogens is 1. The molecule has 1 N–H and O–H groups in total. The van der Waals surface area contributed by atoms with Gasteiger partial charge in [0, 0.05) is 33.0 Å². The third-order valence-corrected chi connectivity index (χ3v) is 4.70. The predicted octanol–water partition coefficient (Wildman–Crippen LogP) is 1.93. The van der Waals surface area contributed by atoms with E-state index in [1.54, 1.807) is 26.4 Å². The van der Waals surface area contributed by atoms with Gasteiger partial charge in [-0.3, -0.25) is 4.98 Å². The molecule has 18 heavy (non-hydrogen) atoms. The van der Waals surface area contributed by atoms with Gasteiger partial charge in [0.1, 0.15) is 4.90 Å². The zero-order chi connectivity index (χ0) is 13.6. The smallest absolute Gasteiger partial charge is 0.246 e. The van der Waals surface area contributed by atoms with Crippen LogP contribution in [-0.4, -0.2) is 38.3 Å². The summed E-state index contributed by atoms with van der Waals surface area (Å²) in [7, 11) is -0.145. The van der Waals surface area contributed by atoms with E-state index in [1.165, 1.54) is 10.5 Å². The number of nitrogens with one attached hydrogen (secondary N) is 1. The van der Waals surface area contributed by atoms with Gasteiger partial charge in [0.2, 0.25) is 10.0 Å². The van der Waals surface area contributed by atoms with E-state index in [2.05, 4.69) is 17.2 Å². The quantitative estimate of drug-likeness (QED) is 0.770. The van der Waals surface area contributed by atoms with Crippen LogP contribution in [0.3, 0.4) is 0 Å². The van der Waals surface area contributed by atoms with Crippen molar-refractivity contribution in [1.29, 1.82) is 0 Å². The zero-order valence-corrected chi connectivity index (χ0v) is 12.0. The van der Waals surface area contributed by atoms with E-state index < -0.39 is 10.0 Å². The highest BCUT2D eigenvalue weighted by atomic mass is 32.2. The van der Waals surface area contributed by atoms with Crippen LogP contribution in [-0.2, 0) is 10.0 Å². The van der Waals surface area contributed by atoms with Gasteiger partial charge in [-0.1, -0.05) is 19.8 Å². The van der Waals surface area contributed by atoms with Crippen LogP contribution in [0, 0.1) is 0 Å². The van der Waals surface area contributed by atoms with Crippen LogP contribution in [0.25, 0.3) is 0 Å². The van der Waals surface area contributed by atoms with Crippen molar-refractivity contribution in [2.75, 3.05) is 26.0 Å². The lowest BCUT2D eigenvalue weighted by molar-refractivity contribution is 0.454. The molecule has 0 unspecified atom stereocenters. The number of unbranched alkanes of at least 4 members (excludes halogenated alkanes) is 2. The molecule has 0 aliphatic heterocycles. The first-order valence-corrected chi connectivity index (χ1v) is 7.56. The molecule has 1 heterocycles. The molecule has 0 aliphatic carbocycles. The minimum Gasteiger partial charge on any atom is -0.387 e. The molecule has 1 aromatic rings. The lowest BCUT2D eigenvalue weighted by Crippen LogP contribution is -2.28. The Morgan fingerprint density at radius 2 is 2.11 bits per heavy atom. The van der Waals surface area contributed by atoms with E-state index >= 15 is 0 Å². The highest BCUT2D eigenvalue weighted by Crippen LogP contribution is 2.22. The van der Waals surface area contributed by atoms with Crippen LogP contribution in [0.15, 0.2) is 23.4 Å². The van der Waals surface area contributed by atoms with Gasteiger partial charge >= 0.3 is 0 Å². The second kappa shape index (κ2) is 6.70. The molecule has 0 amide bonds. The lowest BCUT2D eigenvalue weighted by Gasteiger charge is -2.18. The Morgan fingerprint density at radius 1 is 1.39 bits per heavy atom. The number of nitrogens with zero attached hydrogens (tertiary/aromatic N) is 2. The first-order chi connectivity index (χ1) is 8.54. The number of hydrogen-bond acceptors (Lipinski definition) is 4. The minimum atomic E-state index is -3.45. The van der Waals surface area contributed by atoms with E-state index in [-0.39, 0.29) is 4.90 Å². The number of sulfonamides is 1. The van der Waals surface area contributed by atoms with Crippen LogP contribution in [0.4, 0.5) is 5.69 Å². The minimum absolute atomic E-state index is 0.228. The van der Waals surface area contributed by atoms with Crippen LogP contribution in [0.5, 0.6) is 0 Å². The monoisotopic (exact) mass is 271 g/mol. The van der Waals surface area contributed by atoms with Crippen molar-refractivity contribution in [3.8, 4) is 0 Å². The summed E-state index contributed by atoms with van der Waals surface area (Å²) < 4.78 is 26.1. The summed E-state index contributed by atoms with van der Waals surface area (Å²) in [5, 5.41) is 2.88. The molecule has 0 aromatic carbocycles. The lowest BCUT2D eigenvalue weighted by atomic mass is 10.2. The average Bonchev–Trinajstić information content (AvgIpc) is 2.38. The Morgan fingerprint density at radius 3 is 2.72 bits per heavy atom. The summed E-state index contributed by atoms with van der Waals surface area (Å²) in [6.45, 7) is 2.63. The molecule has 0 fully saturated rings. The summed E-state index contributed by atoms with van der Waals surface area (Å²) >= 11 is 0. The summed E-state index contributed by atoms with van der Waals surface area (Å²) in [5.74, 6) is 0. The molecule has 0 aliphatic rings. The number of anilines is 1. The number of hydrogen-bond donors (Lipinski definition) is 1. The molecule has 1 rings (SSSR count). The maximum atomic E-state index is 12.4. The summed E-state index contributed by atoms with van der Waals surface area (Å²) in [6.07, 6.45) is 5.94. The summed E-state index contributed by atoms with van der Waals surface area (Å²) in [6, 6.07) is 1.66. The van der Waals surface area contributed by atoms with Crippen molar-refractivity contribution in [2.24, 2.45) is 0 Å². The van der Waals surface area contributed by atoms with Crippen molar-refractivity contribution >= 4 is 15.7 Å². The normalized spacial score (nSPS) is 11.8. The van der Waals surface area contributed by atoms with Gasteiger partial charge in [0.05, 0.1) is 5.69 Å². The number of rotatable bonds is 7. The Balaban J connectivity index is 2.91. The maximum Gasteiger partial charge on any atom is 0.246 e. The van der Waals surface area contributed by atoms with Crippen molar-refractivity contribution in [2.45, 2.75) is 31.1 Å². The van der Waals surface area contributed by atoms with E-state index in [1.807, 2.05) is 0 Å². The van der Waals surface area contributed by atoms with Crippen LogP contribution in [0.1, 0.15) is 26.2 Å². The van der Waals surface area contributed by atoms with Crippen molar-refractivity contribution in [1.82, 2.24) is 9.29 Å². The van der Waals surface area contributed by atoms with Gasteiger partial charge in [-0.15, -0.1) is 0 Å². The van der Waals surface area contributed by atoms with Gasteiger partial charge < -0.3 is 5.32 Å². The third-order valence-electron chi connectivity index (χ3n) is 2.82. The van der Waals surface area contributed by atoms with Gasteiger partial charge in [-0.25, -0.2) is 12.7 Å². The number of pyridine rings is 1. The Bertz CT molecular complexity index is 474. The highest BCUT2D eigenvalue weighted by Gasteiger charge is 2.23. The molecule has 0 saturated heterocycles. The molecule has 5 nitrogen and oxygen atoms in total. The maximum absolute atomic E-state index is 12.4. The van der Waals surface area contributed by atoms with Gasteiger partial charge in [0.15, 0.2) is 0 Å². The first kappa shape index (κ1) is 14.9. The second-order valence-electron chi connectivity index (χ2n) is 4.16. The fourth-order valence-electron chi connectivity index (χ4n) is 1.66. The largest absolute Gasteiger partial charge is 0.387 e. The molecule has 0 bridgehead atoms. The van der Waals surface area contributed by atoms with Crippen molar-refractivity contribution in [3.63, 3.8) is 0 Å². The third kappa shape index (κ3) is 3.43. The highest BCUT2D eigenvalue weighted by molar-refractivity contribution is 7.89. The molecule has 0 atom stereocenters. The van der Waals surface area contributed by atoms with Crippen molar-refractivity contribution in [3.05, 3.63) is 18.5 Å². The van der Waals surface area contributed by atoms with E-state index in [9.17, 15) is 8.42 Å². The molecule has 6 heteroatoms. The SMILES string of the molecule is CCCCCN(C)S(=O)(=O)c1cnccc1NC. The fraction of sp³-hybridized carbons (Fsp3) is 0.583. The van der Waals surface area contributed by atoms with Crippen LogP contribution >= 0.6 is 0 Å².